The molecule has 0 fully saturated rings. The summed E-state index contributed by atoms with van der Waals surface area (Å²) in [4.78, 5) is 22.1. The molecular formula is C21H20N4O3S2. The molecule has 0 aliphatic heterocycles. The van der Waals surface area contributed by atoms with E-state index in [0.717, 1.165) is 16.5 Å². The molecular weight excluding hydrogens is 420 g/mol. The molecule has 30 heavy (non-hydrogen) atoms. The predicted molar refractivity (Wildman–Crippen MR) is 121 cm³/mol. The summed E-state index contributed by atoms with van der Waals surface area (Å²) in [6.45, 7) is 0.371. The van der Waals surface area contributed by atoms with Crippen LogP contribution in [0, 0.1) is 0 Å². The first-order chi connectivity index (χ1) is 14.5. The van der Waals surface area contributed by atoms with Crippen LogP contribution in [0.25, 0.3) is 32.6 Å². The minimum atomic E-state index is -1.30. The van der Waals surface area contributed by atoms with Crippen molar-refractivity contribution in [2.75, 3.05) is 25.2 Å². The number of ether oxygens (including phenoxy) is 1. The summed E-state index contributed by atoms with van der Waals surface area (Å²) in [5, 5.41) is 0.747. The Labute approximate surface area is 179 Å². The lowest BCUT2D eigenvalue weighted by molar-refractivity contribution is 0.218. The van der Waals surface area contributed by atoms with Gasteiger partial charge in [0.15, 0.2) is 0 Å². The van der Waals surface area contributed by atoms with Crippen LogP contribution in [0.3, 0.4) is 0 Å². The van der Waals surface area contributed by atoms with E-state index in [-0.39, 0.29) is 5.56 Å². The second-order valence-corrected chi connectivity index (χ2v) is 9.44. The predicted octanol–water partition coefficient (Wildman–Crippen LogP) is 3.06. The molecule has 0 amide bonds. The topological polar surface area (TPSA) is 100 Å². The minimum Gasteiger partial charge on any atom is -0.396 e. The van der Waals surface area contributed by atoms with Crippen molar-refractivity contribution in [1.29, 1.82) is 0 Å². The van der Waals surface area contributed by atoms with E-state index in [9.17, 15) is 9.00 Å². The summed E-state index contributed by atoms with van der Waals surface area (Å²) in [6.07, 6.45) is 2.97. The van der Waals surface area contributed by atoms with Crippen LogP contribution in [0.2, 0.25) is 0 Å². The van der Waals surface area contributed by atoms with Crippen LogP contribution < -0.4 is 11.3 Å². The van der Waals surface area contributed by atoms with Gasteiger partial charge in [-0.2, -0.15) is 0 Å². The Bertz CT molecular complexity index is 1300. The van der Waals surface area contributed by atoms with E-state index in [4.69, 9.17) is 15.5 Å². The van der Waals surface area contributed by atoms with Crippen LogP contribution in [0.5, 0.6) is 0 Å². The summed E-state index contributed by atoms with van der Waals surface area (Å²) in [5.41, 5.74) is 9.40. The van der Waals surface area contributed by atoms with E-state index in [1.807, 2.05) is 36.4 Å². The molecule has 1 aromatic carbocycles. The van der Waals surface area contributed by atoms with Crippen molar-refractivity contribution in [3.05, 3.63) is 59.3 Å². The Balaban J connectivity index is 2.00. The molecule has 0 spiro atoms. The highest BCUT2D eigenvalue weighted by Gasteiger charge is 2.21. The van der Waals surface area contributed by atoms with Crippen LogP contribution in [-0.2, 0) is 22.6 Å². The lowest BCUT2D eigenvalue weighted by Crippen LogP contribution is -2.18. The fraction of sp³-hybridized carbons (Fsp3) is 0.190. The molecule has 7 nitrogen and oxygen atoms in total. The van der Waals surface area contributed by atoms with Gasteiger partial charge in [0.25, 0.3) is 5.56 Å². The van der Waals surface area contributed by atoms with Crippen molar-refractivity contribution in [2.24, 2.45) is 7.05 Å². The van der Waals surface area contributed by atoms with Gasteiger partial charge in [-0.3, -0.25) is 9.00 Å². The molecule has 9 heteroatoms. The number of hydrogen-bond donors (Lipinski definition) is 1. The number of aromatic nitrogens is 3. The summed E-state index contributed by atoms with van der Waals surface area (Å²) < 4.78 is 19.8. The second-order valence-electron chi connectivity index (χ2n) is 6.67. The fourth-order valence-electron chi connectivity index (χ4n) is 3.19. The Kier molecular flexibility index (Phi) is 5.76. The zero-order valence-electron chi connectivity index (χ0n) is 16.5. The van der Waals surface area contributed by atoms with Crippen molar-refractivity contribution >= 4 is 38.0 Å². The molecule has 0 aliphatic rings. The zero-order chi connectivity index (χ0) is 21.3. The number of anilines is 1. The first-order valence-electron chi connectivity index (χ1n) is 9.18. The largest absolute Gasteiger partial charge is 0.396 e. The van der Waals surface area contributed by atoms with Gasteiger partial charge < -0.3 is 15.0 Å². The summed E-state index contributed by atoms with van der Waals surface area (Å²) in [5.74, 6) is 0.351. The third kappa shape index (κ3) is 3.67. The summed E-state index contributed by atoms with van der Waals surface area (Å²) in [6, 6.07) is 11.6. The maximum Gasteiger partial charge on any atom is 0.262 e. The third-order valence-corrected chi connectivity index (χ3v) is 7.57. The Morgan fingerprint density at radius 3 is 2.73 bits per heavy atom. The normalized spacial score (nSPS) is 12.3. The van der Waals surface area contributed by atoms with E-state index >= 15 is 0 Å². The lowest BCUT2D eigenvalue weighted by Gasteiger charge is -2.09. The number of nitrogens with zero attached hydrogens (tertiary/aromatic N) is 3. The standard InChI is InChI=1S/C21H20N4O3S2/c1-25-12-23-11-15(20(25)26)16-10-14(13-6-4-3-5-7-13)17-18(22)21(29-19(17)24-16)30(27)9-8-28-2/h3-7,10-12H,8-9,22H2,1-2H3. The average molecular weight is 441 g/mol. The molecule has 3 aromatic heterocycles. The second kappa shape index (κ2) is 8.47. The highest BCUT2D eigenvalue weighted by molar-refractivity contribution is 7.87. The van der Waals surface area contributed by atoms with Crippen LogP contribution >= 0.6 is 11.3 Å². The molecule has 3 heterocycles. The van der Waals surface area contributed by atoms with Gasteiger partial charge >= 0.3 is 0 Å². The number of thiophene rings is 1. The van der Waals surface area contributed by atoms with E-state index < -0.39 is 10.8 Å². The number of methoxy groups -OCH3 is 1. The molecule has 0 aliphatic carbocycles. The molecule has 0 saturated carbocycles. The molecule has 1 unspecified atom stereocenters. The van der Waals surface area contributed by atoms with Crippen LogP contribution in [0.4, 0.5) is 5.69 Å². The highest BCUT2D eigenvalue weighted by atomic mass is 32.2. The molecule has 4 aromatic rings. The quantitative estimate of drug-likeness (QED) is 0.495. The van der Waals surface area contributed by atoms with Crippen molar-refractivity contribution < 1.29 is 8.95 Å². The minimum absolute atomic E-state index is 0.190. The zero-order valence-corrected chi connectivity index (χ0v) is 18.1. The van der Waals surface area contributed by atoms with Crippen LogP contribution in [0.15, 0.2) is 57.9 Å². The van der Waals surface area contributed by atoms with Crippen LogP contribution in [0.1, 0.15) is 0 Å². The molecule has 4 rings (SSSR count). The molecule has 0 bridgehead atoms. The fourth-order valence-corrected chi connectivity index (χ4v) is 5.75. The van der Waals surface area contributed by atoms with Crippen molar-refractivity contribution in [1.82, 2.24) is 14.5 Å². The molecule has 2 N–H and O–H groups in total. The number of pyridine rings is 1. The lowest BCUT2D eigenvalue weighted by atomic mass is 10.0. The van der Waals surface area contributed by atoms with Gasteiger partial charge in [-0.1, -0.05) is 30.3 Å². The number of nitrogens with two attached hydrogens (primary N) is 1. The Hall–Kier alpha value is -2.88. The molecule has 1 atom stereocenters. The first kappa shape index (κ1) is 20.4. The average Bonchev–Trinajstić information content (AvgIpc) is 3.10. The molecule has 154 valence electrons. The Morgan fingerprint density at radius 1 is 1.23 bits per heavy atom. The maximum atomic E-state index is 12.8. The van der Waals surface area contributed by atoms with Crippen molar-refractivity contribution in [2.45, 2.75) is 4.21 Å². The van der Waals surface area contributed by atoms with Gasteiger partial charge in [-0.15, -0.1) is 11.3 Å². The number of hydrogen-bond acceptors (Lipinski definition) is 7. The van der Waals surface area contributed by atoms with Crippen molar-refractivity contribution in [3.63, 3.8) is 0 Å². The van der Waals surface area contributed by atoms with Crippen molar-refractivity contribution in [3.8, 4) is 22.4 Å². The van der Waals surface area contributed by atoms with Gasteiger partial charge in [-0.25, -0.2) is 9.97 Å². The van der Waals surface area contributed by atoms with Gasteiger partial charge in [-0.05, 0) is 17.2 Å². The summed E-state index contributed by atoms with van der Waals surface area (Å²) in [7, 11) is 1.92. The van der Waals surface area contributed by atoms with Gasteiger partial charge in [0.05, 0.1) is 46.4 Å². The maximum absolute atomic E-state index is 12.8. The summed E-state index contributed by atoms with van der Waals surface area (Å²) >= 11 is 1.29. The van der Waals surface area contributed by atoms with Gasteiger partial charge in [0.2, 0.25) is 0 Å². The molecule has 0 radical (unpaired) electrons. The third-order valence-electron chi connectivity index (χ3n) is 4.70. The van der Waals surface area contributed by atoms with Gasteiger partial charge in [0.1, 0.15) is 9.04 Å². The number of benzene rings is 1. The van der Waals surface area contributed by atoms with E-state index in [1.165, 1.54) is 28.4 Å². The first-order valence-corrected chi connectivity index (χ1v) is 11.3. The number of nitrogen functional groups attached to an aromatic ring is 1. The van der Waals surface area contributed by atoms with E-state index in [2.05, 4.69) is 4.98 Å². The number of fused-ring (bicyclic) bond motifs is 1. The monoisotopic (exact) mass is 440 g/mol. The van der Waals surface area contributed by atoms with Gasteiger partial charge in [0, 0.05) is 25.7 Å². The SMILES string of the molecule is COCCS(=O)c1sc2nc(-c3cncn(C)c3=O)cc(-c3ccccc3)c2c1N. The van der Waals surface area contributed by atoms with E-state index in [1.54, 1.807) is 14.2 Å². The Morgan fingerprint density at radius 2 is 2.00 bits per heavy atom. The number of aryl methyl sites for hydroxylation is 1. The highest BCUT2D eigenvalue weighted by Crippen LogP contribution is 2.42. The number of rotatable bonds is 6. The van der Waals surface area contributed by atoms with E-state index in [0.29, 0.717) is 38.3 Å². The van der Waals surface area contributed by atoms with Crippen LogP contribution in [-0.4, -0.2) is 38.2 Å². The molecule has 0 saturated heterocycles. The smallest absolute Gasteiger partial charge is 0.262 e.